The average molecular weight is 434 g/mol. The fourth-order valence-corrected chi connectivity index (χ4v) is 4.37. The number of H-pyrrole nitrogens is 2. The van der Waals surface area contributed by atoms with Gasteiger partial charge in [-0.2, -0.15) is 4.68 Å². The fourth-order valence-electron chi connectivity index (χ4n) is 3.81. The molecular formula is C18H13Cl2N5O4. The quantitative estimate of drug-likeness (QED) is 0.577. The summed E-state index contributed by atoms with van der Waals surface area (Å²) in [6, 6.07) is 2.83. The van der Waals surface area contributed by atoms with Gasteiger partial charge in [0.15, 0.2) is 5.75 Å². The van der Waals surface area contributed by atoms with Crippen LogP contribution in [-0.2, 0) is 6.42 Å². The van der Waals surface area contributed by atoms with Crippen molar-refractivity contribution in [1.29, 1.82) is 0 Å². The minimum absolute atomic E-state index is 0.0917. The van der Waals surface area contributed by atoms with Gasteiger partial charge in [0.1, 0.15) is 5.75 Å². The van der Waals surface area contributed by atoms with Crippen LogP contribution in [0, 0.1) is 5.92 Å². The van der Waals surface area contributed by atoms with Crippen molar-refractivity contribution in [2.24, 2.45) is 5.92 Å². The molecule has 2 unspecified atom stereocenters. The predicted octanol–water partition coefficient (Wildman–Crippen LogP) is 1.95. The molecule has 0 spiro atoms. The molecule has 0 aliphatic heterocycles. The first-order chi connectivity index (χ1) is 13.8. The molecule has 4 N–H and O–H groups in total. The Morgan fingerprint density at radius 2 is 1.90 bits per heavy atom. The van der Waals surface area contributed by atoms with Gasteiger partial charge in [-0.05, 0) is 36.8 Å². The summed E-state index contributed by atoms with van der Waals surface area (Å²) in [5, 5.41) is 3.99. The Morgan fingerprint density at radius 1 is 1.17 bits per heavy atom. The summed E-state index contributed by atoms with van der Waals surface area (Å²) in [6.45, 7) is 0. The van der Waals surface area contributed by atoms with Crippen LogP contribution < -0.4 is 27.3 Å². The van der Waals surface area contributed by atoms with E-state index in [1.807, 2.05) is 0 Å². The normalized spacial score (nSPS) is 19.0. The molecule has 2 aliphatic carbocycles. The molecule has 1 saturated carbocycles. The second-order valence-corrected chi connectivity index (χ2v) is 7.89. The molecule has 0 bridgehead atoms. The molecule has 1 fully saturated rings. The van der Waals surface area contributed by atoms with Gasteiger partial charge in [0.2, 0.25) is 5.82 Å². The molecule has 29 heavy (non-hydrogen) atoms. The summed E-state index contributed by atoms with van der Waals surface area (Å²) >= 11 is 12.7. The maximum Gasteiger partial charge on any atom is 0.349 e. The van der Waals surface area contributed by atoms with Crippen molar-refractivity contribution >= 4 is 29.0 Å². The van der Waals surface area contributed by atoms with E-state index in [1.165, 1.54) is 18.3 Å². The number of halogens is 2. The Hall–Kier alpha value is -3.04. The van der Waals surface area contributed by atoms with Crippen LogP contribution in [0.5, 0.6) is 11.5 Å². The van der Waals surface area contributed by atoms with Crippen LogP contribution in [0.3, 0.4) is 0 Å². The van der Waals surface area contributed by atoms with Gasteiger partial charge >= 0.3 is 5.69 Å². The zero-order chi connectivity index (χ0) is 20.4. The van der Waals surface area contributed by atoms with Gasteiger partial charge in [0.25, 0.3) is 11.1 Å². The Balaban J connectivity index is 1.56. The van der Waals surface area contributed by atoms with Crippen LogP contribution >= 0.6 is 23.2 Å². The third-order valence-electron chi connectivity index (χ3n) is 5.25. The largest absolute Gasteiger partial charge is 0.452 e. The molecule has 2 atom stereocenters. The van der Waals surface area contributed by atoms with Gasteiger partial charge < -0.3 is 15.5 Å². The Bertz CT molecular complexity index is 1340. The zero-order valence-corrected chi connectivity index (χ0v) is 16.2. The first kappa shape index (κ1) is 18.0. The maximum atomic E-state index is 12.1. The molecule has 3 aromatic rings. The number of benzene rings is 1. The summed E-state index contributed by atoms with van der Waals surface area (Å²) in [7, 11) is 0. The van der Waals surface area contributed by atoms with Crippen molar-refractivity contribution in [3.8, 4) is 17.2 Å². The number of aromatic nitrogens is 4. The van der Waals surface area contributed by atoms with Crippen LogP contribution in [0.1, 0.15) is 23.5 Å². The van der Waals surface area contributed by atoms with Crippen molar-refractivity contribution in [2.75, 3.05) is 5.73 Å². The molecule has 2 aromatic heterocycles. The number of nitrogen functional groups attached to an aromatic ring is 1. The second kappa shape index (κ2) is 6.23. The first-order valence-corrected chi connectivity index (χ1v) is 9.50. The molecular weight excluding hydrogens is 421 g/mol. The minimum Gasteiger partial charge on any atom is -0.452 e. The number of nitrogens with zero attached hydrogens (tertiary/aromatic N) is 2. The second-order valence-electron chi connectivity index (χ2n) is 7.08. The maximum absolute atomic E-state index is 12.1. The number of nitrogens with two attached hydrogens (primary N) is 1. The molecule has 2 heterocycles. The molecule has 2 aliphatic rings. The molecule has 0 saturated heterocycles. The highest BCUT2D eigenvalue weighted by atomic mass is 35.5. The number of pyridine rings is 1. The highest BCUT2D eigenvalue weighted by Crippen LogP contribution is 2.57. The highest BCUT2D eigenvalue weighted by Gasteiger charge is 2.48. The number of hydrogen-bond acceptors (Lipinski definition) is 6. The summed E-state index contributed by atoms with van der Waals surface area (Å²) in [6.07, 6.45) is 3.31. The topological polar surface area (TPSA) is 136 Å². The molecule has 1 aromatic carbocycles. The lowest BCUT2D eigenvalue weighted by Crippen LogP contribution is -2.33. The zero-order valence-electron chi connectivity index (χ0n) is 14.7. The molecule has 5 rings (SSSR count). The number of anilines is 1. The molecule has 148 valence electrons. The van der Waals surface area contributed by atoms with Crippen molar-refractivity contribution in [3.05, 3.63) is 70.7 Å². The van der Waals surface area contributed by atoms with Crippen molar-refractivity contribution in [3.63, 3.8) is 0 Å². The lowest BCUT2D eigenvalue weighted by molar-refractivity contribution is 0.473. The Labute approximate surface area is 172 Å². The van der Waals surface area contributed by atoms with Crippen LogP contribution in [-0.4, -0.2) is 19.7 Å². The van der Waals surface area contributed by atoms with Crippen molar-refractivity contribution in [2.45, 2.75) is 18.8 Å². The summed E-state index contributed by atoms with van der Waals surface area (Å²) in [5.74, 6) is 1.09. The number of rotatable bonds is 3. The number of hydrogen-bond donors (Lipinski definition) is 3. The monoisotopic (exact) mass is 433 g/mol. The number of fused-ring (bicyclic) bond motifs is 3. The predicted molar refractivity (Wildman–Crippen MR) is 107 cm³/mol. The van der Waals surface area contributed by atoms with Gasteiger partial charge in [-0.25, -0.2) is 4.79 Å². The van der Waals surface area contributed by atoms with Gasteiger partial charge in [0, 0.05) is 17.3 Å². The Morgan fingerprint density at radius 3 is 2.62 bits per heavy atom. The van der Waals surface area contributed by atoms with E-state index in [-0.39, 0.29) is 32.9 Å². The van der Waals surface area contributed by atoms with Gasteiger partial charge in [-0.15, -0.1) is 5.10 Å². The molecule has 0 amide bonds. The molecule has 0 radical (unpaired) electrons. The molecule has 11 heteroatoms. The van der Waals surface area contributed by atoms with Crippen LogP contribution in [0.4, 0.5) is 5.82 Å². The third kappa shape index (κ3) is 2.85. The highest BCUT2D eigenvalue weighted by molar-refractivity contribution is 6.37. The van der Waals surface area contributed by atoms with E-state index < -0.39 is 11.2 Å². The van der Waals surface area contributed by atoms with Crippen LogP contribution in [0.2, 0.25) is 10.0 Å². The number of aromatic amines is 2. The fraction of sp³-hybridized carbons (Fsp3) is 0.222. The van der Waals surface area contributed by atoms with E-state index >= 15 is 0 Å². The van der Waals surface area contributed by atoms with Crippen molar-refractivity contribution in [1.82, 2.24) is 19.7 Å². The third-order valence-corrected chi connectivity index (χ3v) is 5.82. The number of ether oxygens (including phenoxy) is 1. The van der Waals surface area contributed by atoms with E-state index in [2.05, 4.69) is 15.1 Å². The van der Waals surface area contributed by atoms with E-state index in [9.17, 15) is 14.4 Å². The first-order valence-electron chi connectivity index (χ1n) is 8.74. The summed E-state index contributed by atoms with van der Waals surface area (Å²) in [5.41, 5.74) is 5.66. The number of nitrogens with one attached hydrogen (secondary N) is 2. The van der Waals surface area contributed by atoms with Gasteiger partial charge in [0.05, 0.1) is 15.7 Å². The van der Waals surface area contributed by atoms with E-state index in [1.54, 1.807) is 0 Å². The standard InChI is InChI=1S/C18H13Cl2N5O4/c19-10-3-7(25-18(28)23-17(27)15(21)24-25)4-11(20)14(10)29-12-5-22-16(26)13-8-1-6(8)2-9(12)13/h3-6,8H,1-2H2,(H2,21,24)(H,22,26)(H,23,27,28). The van der Waals surface area contributed by atoms with Crippen LogP contribution in [0.15, 0.2) is 32.7 Å². The van der Waals surface area contributed by atoms with E-state index in [4.69, 9.17) is 33.7 Å². The molecule has 9 nitrogen and oxygen atoms in total. The smallest absolute Gasteiger partial charge is 0.349 e. The van der Waals surface area contributed by atoms with E-state index in [0.717, 1.165) is 28.7 Å². The van der Waals surface area contributed by atoms with Crippen molar-refractivity contribution < 1.29 is 4.74 Å². The van der Waals surface area contributed by atoms with E-state index in [0.29, 0.717) is 17.6 Å². The SMILES string of the molecule is Nc1nn(-c2cc(Cl)c(Oc3c[nH]c(=O)c4c3CC3CC43)c(Cl)c2)c(=O)[nH]c1=O. The lowest BCUT2D eigenvalue weighted by Gasteiger charge is -2.15. The average Bonchev–Trinajstić information content (AvgIpc) is 3.32. The van der Waals surface area contributed by atoms with Gasteiger partial charge in [-0.3, -0.25) is 14.6 Å². The summed E-state index contributed by atoms with van der Waals surface area (Å²) < 4.78 is 6.82. The van der Waals surface area contributed by atoms with Crippen LogP contribution in [0.25, 0.3) is 5.69 Å². The minimum atomic E-state index is -0.789. The lowest BCUT2D eigenvalue weighted by atomic mass is 10.1. The Kier molecular flexibility index (Phi) is 3.87. The summed E-state index contributed by atoms with van der Waals surface area (Å²) in [4.78, 5) is 40.3. The van der Waals surface area contributed by atoms with Gasteiger partial charge in [-0.1, -0.05) is 23.2 Å².